The molecule has 1 aromatic heterocycles. The van der Waals surface area contributed by atoms with Gasteiger partial charge in [0.25, 0.3) is 5.91 Å². The largest absolute Gasteiger partial charge is 0.507 e. The number of carbonyl (C=O) groups excluding carboxylic acids is 1. The van der Waals surface area contributed by atoms with Gasteiger partial charge in [-0.3, -0.25) is 4.79 Å². The molecule has 2 bridgehead atoms. The number of amides is 1. The van der Waals surface area contributed by atoms with Gasteiger partial charge in [0.2, 0.25) is 0 Å². The molecule has 4 aromatic carbocycles. The lowest BCUT2D eigenvalue weighted by molar-refractivity contribution is -0.950. The number of carbonyl (C=O) groups is 1. The van der Waals surface area contributed by atoms with Gasteiger partial charge in [-0.05, 0) is 59.2 Å². The van der Waals surface area contributed by atoms with Crippen LogP contribution in [0.1, 0.15) is 57.6 Å². The van der Waals surface area contributed by atoms with E-state index in [1.807, 2.05) is 18.2 Å². The quantitative estimate of drug-likeness (QED) is 0.154. The number of nitrogens with zero attached hydrogens (tertiary/aromatic N) is 1. The lowest BCUT2D eigenvalue weighted by Gasteiger charge is -2.65. The summed E-state index contributed by atoms with van der Waals surface area (Å²) in [5.74, 6) is 0.512. The van der Waals surface area contributed by atoms with Gasteiger partial charge in [-0.2, -0.15) is 0 Å². The Morgan fingerprint density at radius 3 is 2.48 bits per heavy atom. The Labute approximate surface area is 282 Å². The summed E-state index contributed by atoms with van der Waals surface area (Å²) >= 11 is 0. The molecular weight excluding hydrogens is 594 g/mol. The molecular formula is C42H44N3O3+. The highest BCUT2D eigenvalue weighted by Gasteiger charge is 2.70. The van der Waals surface area contributed by atoms with Gasteiger partial charge in [0.05, 0.1) is 25.7 Å². The van der Waals surface area contributed by atoms with Crippen LogP contribution in [0.5, 0.6) is 5.75 Å². The van der Waals surface area contributed by atoms with E-state index >= 15 is 0 Å². The normalized spacial score (nSPS) is 27.2. The van der Waals surface area contributed by atoms with Crippen LogP contribution in [0.25, 0.3) is 22.0 Å². The molecule has 6 heteroatoms. The zero-order chi connectivity index (χ0) is 32.7. The second kappa shape index (κ2) is 10.8. The fourth-order valence-electron chi connectivity index (χ4n) is 9.93. The molecule has 5 aromatic rings. The molecule has 48 heavy (non-hydrogen) atoms. The Balaban J connectivity index is 1.03. The molecule has 1 amide bonds. The fraction of sp³-hybridized carbons (Fsp3) is 0.357. The molecule has 244 valence electrons. The summed E-state index contributed by atoms with van der Waals surface area (Å²) in [5.41, 5.74) is 7.40. The van der Waals surface area contributed by atoms with Crippen molar-refractivity contribution in [3.05, 3.63) is 125 Å². The third kappa shape index (κ3) is 4.49. The maximum Gasteiger partial charge on any atom is 0.255 e. The number of piperidine rings is 1. The average Bonchev–Trinajstić information content (AvgIpc) is 3.84. The molecule has 1 saturated heterocycles. The summed E-state index contributed by atoms with van der Waals surface area (Å²) in [7, 11) is 2.36. The van der Waals surface area contributed by atoms with Crippen molar-refractivity contribution in [2.24, 2.45) is 5.92 Å². The van der Waals surface area contributed by atoms with E-state index in [1.54, 1.807) is 6.07 Å². The minimum Gasteiger partial charge on any atom is -0.507 e. The van der Waals surface area contributed by atoms with Crippen LogP contribution in [0.4, 0.5) is 0 Å². The molecule has 4 atom stereocenters. The zero-order valence-corrected chi connectivity index (χ0v) is 27.6. The van der Waals surface area contributed by atoms with Crippen LogP contribution in [0, 0.1) is 5.92 Å². The third-order valence-electron chi connectivity index (χ3n) is 12.5. The van der Waals surface area contributed by atoms with E-state index in [1.165, 1.54) is 34.9 Å². The molecule has 0 radical (unpaired) electrons. The van der Waals surface area contributed by atoms with Crippen LogP contribution < -0.4 is 5.32 Å². The number of nitrogens with one attached hydrogen (secondary N) is 2. The van der Waals surface area contributed by atoms with Gasteiger partial charge < -0.3 is 25.0 Å². The van der Waals surface area contributed by atoms with Gasteiger partial charge in [0.1, 0.15) is 17.4 Å². The molecule has 4 aliphatic rings. The van der Waals surface area contributed by atoms with Crippen molar-refractivity contribution >= 4 is 16.8 Å². The van der Waals surface area contributed by atoms with Crippen molar-refractivity contribution in [3.8, 4) is 16.9 Å². The molecule has 1 unspecified atom stereocenters. The Bertz CT molecular complexity index is 2050. The number of phenolic OH excluding ortho intramolecular Hbond substituents is 1. The standard InChI is InChI=1S/C42H43N3O3/c1-45(26-28-11-12-28)22-20-41-25-36-34(32-9-5-6-10-35(32)44-36)24-42(41,48)37(45)23-31-17-18-33(39(46)38(31)41)40(47)43-21-19-27-13-15-30(16-14-27)29-7-3-2-4-8-29/h2-10,13-18,28,37,44,48H,11-12,19-26H2,1H3,(H-,43,46,47)/p+1/t37-,41-,42-,45?/m1/s1. The van der Waals surface area contributed by atoms with E-state index in [0.29, 0.717) is 37.8 Å². The average molecular weight is 639 g/mol. The van der Waals surface area contributed by atoms with Crippen molar-refractivity contribution in [3.63, 3.8) is 0 Å². The predicted molar refractivity (Wildman–Crippen MR) is 189 cm³/mol. The SMILES string of the molecule is C[N+]1(CC2CC2)CC[C@]23Cc4[nH]c5ccccc5c4C[C@@]2(O)[C@H]1Cc1ccc(C(=O)NCCc2ccc(-c4ccccc4)cc2)c(O)c13. The summed E-state index contributed by atoms with van der Waals surface area (Å²) in [6.45, 7) is 2.52. The van der Waals surface area contributed by atoms with E-state index in [9.17, 15) is 15.0 Å². The lowest BCUT2D eigenvalue weighted by Crippen LogP contribution is -2.79. The highest BCUT2D eigenvalue weighted by molar-refractivity contribution is 5.97. The minimum absolute atomic E-state index is 0.0218. The highest BCUT2D eigenvalue weighted by Crippen LogP contribution is 2.61. The number of phenols is 1. The molecule has 9 rings (SSSR count). The number of H-pyrrole nitrogens is 1. The number of aromatic nitrogens is 1. The first-order valence-corrected chi connectivity index (χ1v) is 17.7. The Kier molecular flexibility index (Phi) is 6.69. The number of para-hydroxylation sites is 1. The number of likely N-dealkylation sites (N-methyl/N-ethyl adjacent to an activating group) is 1. The summed E-state index contributed by atoms with van der Waals surface area (Å²) in [6.07, 6.45) is 5.90. The maximum atomic E-state index is 13.7. The van der Waals surface area contributed by atoms with Crippen LogP contribution >= 0.6 is 0 Å². The van der Waals surface area contributed by atoms with E-state index < -0.39 is 11.0 Å². The summed E-state index contributed by atoms with van der Waals surface area (Å²) in [6, 6.07) is 31.1. The van der Waals surface area contributed by atoms with E-state index in [0.717, 1.165) is 57.8 Å². The monoisotopic (exact) mass is 638 g/mol. The van der Waals surface area contributed by atoms with Crippen molar-refractivity contribution < 1.29 is 19.5 Å². The smallest absolute Gasteiger partial charge is 0.255 e. The number of benzene rings is 4. The highest BCUT2D eigenvalue weighted by atomic mass is 16.3. The second-order valence-corrected chi connectivity index (χ2v) is 15.4. The van der Waals surface area contributed by atoms with E-state index in [2.05, 4.69) is 84.1 Å². The number of aromatic amines is 1. The van der Waals surface area contributed by atoms with Gasteiger partial charge in [-0.1, -0.05) is 78.9 Å². The number of hydrogen-bond donors (Lipinski definition) is 4. The molecule has 1 saturated carbocycles. The van der Waals surface area contributed by atoms with E-state index in [-0.39, 0.29) is 17.7 Å². The molecule has 0 spiro atoms. The maximum absolute atomic E-state index is 13.7. The summed E-state index contributed by atoms with van der Waals surface area (Å²) < 4.78 is 0.870. The predicted octanol–water partition coefficient (Wildman–Crippen LogP) is 6.47. The summed E-state index contributed by atoms with van der Waals surface area (Å²) in [5, 5.41) is 29.6. The molecule has 4 N–H and O–H groups in total. The Morgan fingerprint density at radius 1 is 0.938 bits per heavy atom. The number of fused-ring (bicyclic) bond motifs is 4. The first-order valence-electron chi connectivity index (χ1n) is 17.7. The fourth-order valence-corrected chi connectivity index (χ4v) is 9.93. The van der Waals surface area contributed by atoms with Crippen molar-refractivity contribution in [2.75, 3.05) is 26.7 Å². The molecule has 3 aliphatic carbocycles. The zero-order valence-electron chi connectivity index (χ0n) is 27.6. The number of likely N-dealkylation sites (tertiary alicyclic amines) is 1. The van der Waals surface area contributed by atoms with Gasteiger partial charge in [0.15, 0.2) is 0 Å². The van der Waals surface area contributed by atoms with Gasteiger partial charge in [-0.15, -0.1) is 0 Å². The lowest BCUT2D eigenvalue weighted by atomic mass is 9.48. The van der Waals surface area contributed by atoms with Crippen molar-refractivity contribution in [1.82, 2.24) is 10.3 Å². The number of hydrogen-bond acceptors (Lipinski definition) is 3. The second-order valence-electron chi connectivity index (χ2n) is 15.4. The third-order valence-corrected chi connectivity index (χ3v) is 12.5. The van der Waals surface area contributed by atoms with Crippen molar-refractivity contribution in [2.45, 2.75) is 62.0 Å². The van der Waals surface area contributed by atoms with Crippen LogP contribution in [-0.4, -0.2) is 63.9 Å². The number of rotatable bonds is 7. The first kappa shape index (κ1) is 29.7. The Hall–Kier alpha value is -4.39. The first-order chi connectivity index (χ1) is 23.3. The van der Waals surface area contributed by atoms with Crippen LogP contribution in [0.3, 0.4) is 0 Å². The number of aromatic hydroxyl groups is 1. The van der Waals surface area contributed by atoms with Crippen LogP contribution in [0.15, 0.2) is 91.0 Å². The Morgan fingerprint density at radius 2 is 1.69 bits per heavy atom. The van der Waals surface area contributed by atoms with Gasteiger partial charge in [-0.25, -0.2) is 0 Å². The molecule has 1 aliphatic heterocycles. The summed E-state index contributed by atoms with van der Waals surface area (Å²) in [4.78, 5) is 17.4. The topological polar surface area (TPSA) is 85.3 Å². The molecule has 6 nitrogen and oxygen atoms in total. The molecule has 2 heterocycles. The van der Waals surface area contributed by atoms with Crippen molar-refractivity contribution in [1.29, 1.82) is 0 Å². The van der Waals surface area contributed by atoms with E-state index in [4.69, 9.17) is 0 Å². The van der Waals surface area contributed by atoms with Gasteiger partial charge in [0, 0.05) is 65.7 Å². The molecule has 2 fully saturated rings. The van der Waals surface area contributed by atoms with Gasteiger partial charge >= 0.3 is 0 Å². The van der Waals surface area contributed by atoms with Crippen LogP contribution in [-0.2, 0) is 31.1 Å². The minimum atomic E-state index is -1.04. The number of quaternary nitrogens is 1. The number of aliphatic hydroxyl groups is 1. The van der Waals surface area contributed by atoms with Crippen LogP contribution in [0.2, 0.25) is 0 Å².